The molecule has 0 aromatic carbocycles. The van der Waals surface area contributed by atoms with E-state index in [1.54, 1.807) is 6.92 Å². The molecule has 0 amide bonds. The van der Waals surface area contributed by atoms with Crippen LogP contribution in [0.2, 0.25) is 0 Å². The van der Waals surface area contributed by atoms with E-state index in [0.717, 1.165) is 0 Å². The van der Waals surface area contributed by atoms with E-state index >= 15 is 0 Å². The van der Waals surface area contributed by atoms with Crippen LogP contribution in [0.25, 0.3) is 0 Å². The fourth-order valence-electron chi connectivity index (χ4n) is 0.175. The number of hydrogen-bond donors (Lipinski definition) is 4. The molecule has 84 valence electrons. The maximum atomic E-state index is 9.68. The van der Waals surface area contributed by atoms with Gasteiger partial charge in [-0.15, -0.1) is 0 Å². The Morgan fingerprint density at radius 1 is 1.14 bits per heavy atom. The molecular weight excluding hydrogens is 192 g/mol. The Labute approximate surface area is 81.8 Å². The summed E-state index contributed by atoms with van der Waals surface area (Å²) in [4.78, 5) is 18.2. The van der Waals surface area contributed by atoms with Gasteiger partial charge in [0, 0.05) is 0 Å². The molecule has 0 aliphatic heterocycles. The Hall–Kier alpha value is -1.30. The smallest absolute Gasteiger partial charge is 0.479 e. The van der Waals surface area contributed by atoms with Crippen LogP contribution in [0.5, 0.6) is 0 Å². The van der Waals surface area contributed by atoms with Crippen LogP contribution < -0.4 is 0 Å². The van der Waals surface area contributed by atoms with Crippen LogP contribution in [0, 0.1) is 0 Å². The van der Waals surface area contributed by atoms with Crippen LogP contribution in [0.15, 0.2) is 0 Å². The number of carboxylic acids is 1. The molecular formula is C8H16O6. The van der Waals surface area contributed by atoms with Gasteiger partial charge in [-0.2, -0.15) is 0 Å². The van der Waals surface area contributed by atoms with Crippen LogP contribution in [-0.4, -0.2) is 38.7 Å². The van der Waals surface area contributed by atoms with Gasteiger partial charge in [-0.25, -0.2) is 9.59 Å². The Kier molecular flexibility index (Phi) is 10.6. The number of carbonyl (C=O) groups is 2. The summed E-state index contributed by atoms with van der Waals surface area (Å²) in [6, 6.07) is 0. The van der Waals surface area contributed by atoms with Crippen molar-refractivity contribution >= 4 is 12.1 Å². The highest BCUT2D eigenvalue weighted by Crippen LogP contribution is 2.14. The number of aliphatic carboxylic acids is 1. The lowest BCUT2D eigenvalue weighted by Crippen LogP contribution is -2.17. The largest absolute Gasteiger partial charge is 0.503 e. The molecule has 0 heterocycles. The SMILES string of the molecule is C1CC1.CCC(O)C(=O)O.O=C(O)O. The third kappa shape index (κ3) is 31.0. The summed E-state index contributed by atoms with van der Waals surface area (Å²) in [7, 11) is 0. The predicted molar refractivity (Wildman–Crippen MR) is 48.4 cm³/mol. The van der Waals surface area contributed by atoms with Crippen LogP contribution in [-0.2, 0) is 4.79 Å². The first-order valence-electron chi connectivity index (χ1n) is 4.24. The highest BCUT2D eigenvalue weighted by atomic mass is 16.6. The lowest BCUT2D eigenvalue weighted by Gasteiger charge is -1.95. The van der Waals surface area contributed by atoms with Gasteiger partial charge in [-0.3, -0.25) is 0 Å². The summed E-state index contributed by atoms with van der Waals surface area (Å²) in [6.07, 6.45) is 1.76. The third-order valence-corrected chi connectivity index (χ3v) is 1.03. The zero-order valence-electron chi connectivity index (χ0n) is 8.01. The molecule has 0 spiro atoms. The number of aliphatic hydroxyl groups excluding tert-OH is 1. The molecule has 1 aliphatic rings. The fourth-order valence-corrected chi connectivity index (χ4v) is 0.175. The van der Waals surface area contributed by atoms with Crippen molar-refractivity contribution in [3.63, 3.8) is 0 Å². The number of carboxylic acid groups (broad SMARTS) is 3. The third-order valence-electron chi connectivity index (χ3n) is 1.03. The first-order valence-corrected chi connectivity index (χ1v) is 4.24. The van der Waals surface area contributed by atoms with Gasteiger partial charge in [0.15, 0.2) is 6.10 Å². The van der Waals surface area contributed by atoms with Crippen LogP contribution in [0.4, 0.5) is 4.79 Å². The van der Waals surface area contributed by atoms with E-state index < -0.39 is 18.2 Å². The maximum Gasteiger partial charge on any atom is 0.503 e. The van der Waals surface area contributed by atoms with Crippen LogP contribution in [0.3, 0.4) is 0 Å². The Balaban J connectivity index is 0. The number of hydrogen-bond acceptors (Lipinski definition) is 3. The van der Waals surface area contributed by atoms with E-state index in [-0.39, 0.29) is 6.42 Å². The standard InChI is InChI=1S/C4H8O3.C3H6.CH2O3/c1-2-3(5)4(6)7;1-2-3-1;2-1(3)4/h3,5H,2H2,1H3,(H,6,7);1-3H2;(H2,2,3,4). The van der Waals surface area contributed by atoms with E-state index in [2.05, 4.69) is 0 Å². The molecule has 0 bridgehead atoms. The van der Waals surface area contributed by atoms with Crippen molar-refractivity contribution in [3.05, 3.63) is 0 Å². The Bertz CT molecular complexity index is 158. The molecule has 0 aromatic rings. The van der Waals surface area contributed by atoms with Crippen molar-refractivity contribution < 1.29 is 30.0 Å². The van der Waals surface area contributed by atoms with Gasteiger partial charge in [0.25, 0.3) is 0 Å². The molecule has 1 atom stereocenters. The summed E-state index contributed by atoms with van der Waals surface area (Å²) < 4.78 is 0. The molecule has 1 rings (SSSR count). The summed E-state index contributed by atoms with van der Waals surface area (Å²) in [5, 5.41) is 30.2. The zero-order chi connectivity index (χ0) is 11.6. The fraction of sp³-hybridized carbons (Fsp3) is 0.750. The van der Waals surface area contributed by atoms with E-state index in [0.29, 0.717) is 0 Å². The van der Waals surface area contributed by atoms with E-state index in [4.69, 9.17) is 25.2 Å². The normalized spacial score (nSPS) is 13.6. The average Bonchev–Trinajstić information content (AvgIpc) is 2.87. The van der Waals surface area contributed by atoms with Gasteiger partial charge >= 0.3 is 12.1 Å². The Morgan fingerprint density at radius 2 is 1.43 bits per heavy atom. The summed E-state index contributed by atoms with van der Waals surface area (Å²) in [5.41, 5.74) is 0. The second kappa shape index (κ2) is 9.79. The van der Waals surface area contributed by atoms with Gasteiger partial charge < -0.3 is 20.4 Å². The molecule has 0 radical (unpaired) electrons. The van der Waals surface area contributed by atoms with Crippen LogP contribution >= 0.6 is 0 Å². The lowest BCUT2D eigenvalue weighted by atomic mass is 10.3. The first kappa shape index (κ1) is 15.2. The minimum Gasteiger partial charge on any atom is -0.479 e. The maximum absolute atomic E-state index is 9.68. The highest BCUT2D eigenvalue weighted by Gasteiger charge is 2.07. The van der Waals surface area contributed by atoms with Crippen molar-refractivity contribution in [2.75, 3.05) is 0 Å². The van der Waals surface area contributed by atoms with Gasteiger partial charge in [0.2, 0.25) is 0 Å². The van der Waals surface area contributed by atoms with E-state index in [1.807, 2.05) is 0 Å². The van der Waals surface area contributed by atoms with Crippen molar-refractivity contribution in [2.45, 2.75) is 38.7 Å². The molecule has 0 aromatic heterocycles. The number of aliphatic hydroxyl groups is 1. The highest BCUT2D eigenvalue weighted by molar-refractivity contribution is 5.71. The molecule has 1 unspecified atom stereocenters. The minimum atomic E-state index is -1.83. The first-order chi connectivity index (χ1) is 6.41. The molecule has 1 saturated carbocycles. The van der Waals surface area contributed by atoms with E-state index in [1.165, 1.54) is 19.3 Å². The monoisotopic (exact) mass is 208 g/mol. The topological polar surface area (TPSA) is 115 Å². The molecule has 6 heteroatoms. The van der Waals surface area contributed by atoms with Crippen molar-refractivity contribution in [1.29, 1.82) is 0 Å². The summed E-state index contributed by atoms with van der Waals surface area (Å²) >= 11 is 0. The molecule has 4 N–H and O–H groups in total. The lowest BCUT2D eigenvalue weighted by molar-refractivity contribution is -0.146. The van der Waals surface area contributed by atoms with Gasteiger partial charge in [0.1, 0.15) is 0 Å². The van der Waals surface area contributed by atoms with Gasteiger partial charge in [0.05, 0.1) is 0 Å². The van der Waals surface area contributed by atoms with Gasteiger partial charge in [-0.1, -0.05) is 26.2 Å². The zero-order valence-corrected chi connectivity index (χ0v) is 8.01. The molecule has 1 aliphatic carbocycles. The minimum absolute atomic E-state index is 0.273. The average molecular weight is 208 g/mol. The predicted octanol–water partition coefficient (Wildman–Crippen LogP) is 1.23. The van der Waals surface area contributed by atoms with Crippen molar-refractivity contribution in [3.8, 4) is 0 Å². The Morgan fingerprint density at radius 3 is 1.43 bits per heavy atom. The number of rotatable bonds is 2. The molecule has 0 saturated heterocycles. The van der Waals surface area contributed by atoms with E-state index in [9.17, 15) is 4.79 Å². The van der Waals surface area contributed by atoms with Crippen molar-refractivity contribution in [2.24, 2.45) is 0 Å². The quantitative estimate of drug-likeness (QED) is 0.542. The summed E-state index contributed by atoms with van der Waals surface area (Å²) in [6.45, 7) is 1.61. The molecule has 1 fully saturated rings. The summed E-state index contributed by atoms with van der Waals surface area (Å²) in [5.74, 6) is -1.15. The van der Waals surface area contributed by atoms with Crippen molar-refractivity contribution in [1.82, 2.24) is 0 Å². The second-order valence-corrected chi connectivity index (χ2v) is 2.61. The van der Waals surface area contributed by atoms with Crippen LogP contribution in [0.1, 0.15) is 32.6 Å². The molecule has 14 heavy (non-hydrogen) atoms. The molecule has 6 nitrogen and oxygen atoms in total. The second-order valence-electron chi connectivity index (χ2n) is 2.61. The van der Waals surface area contributed by atoms with Gasteiger partial charge in [-0.05, 0) is 6.42 Å².